The summed E-state index contributed by atoms with van der Waals surface area (Å²) >= 11 is 0. The second kappa shape index (κ2) is 6.76. The number of carbonyl (C=O) groups excluding carboxylic acids is 2. The summed E-state index contributed by atoms with van der Waals surface area (Å²) in [7, 11) is 0. The zero-order valence-corrected chi connectivity index (χ0v) is 17.9. The first-order valence-electron chi connectivity index (χ1n) is 11.0. The maximum atomic E-state index is 13.6. The molecule has 2 heterocycles. The smallest absolute Gasteiger partial charge is 0.336 e. The molecule has 0 spiro atoms. The fourth-order valence-electron chi connectivity index (χ4n) is 5.84. The zero-order valence-electron chi connectivity index (χ0n) is 17.9. The van der Waals surface area contributed by atoms with E-state index in [1.807, 2.05) is 32.0 Å². The fraction of sp³-hybridized carbons (Fsp3) is 0.296. The van der Waals surface area contributed by atoms with Crippen molar-refractivity contribution in [2.24, 2.45) is 17.8 Å². The van der Waals surface area contributed by atoms with Gasteiger partial charge in [0.15, 0.2) is 11.6 Å². The molecule has 160 valence electrons. The van der Waals surface area contributed by atoms with Crippen molar-refractivity contribution < 1.29 is 18.7 Å². The monoisotopic (exact) mass is 426 g/mol. The van der Waals surface area contributed by atoms with Crippen molar-refractivity contribution in [3.8, 4) is 5.75 Å². The Kier molecular flexibility index (Phi) is 4.06. The summed E-state index contributed by atoms with van der Waals surface area (Å²) in [5, 5.41) is 0.876. The van der Waals surface area contributed by atoms with Crippen molar-refractivity contribution in [1.82, 2.24) is 0 Å². The van der Waals surface area contributed by atoms with Gasteiger partial charge in [-0.3, -0.25) is 9.59 Å². The van der Waals surface area contributed by atoms with Gasteiger partial charge < -0.3 is 9.15 Å². The van der Waals surface area contributed by atoms with Crippen molar-refractivity contribution in [2.45, 2.75) is 26.7 Å². The summed E-state index contributed by atoms with van der Waals surface area (Å²) in [4.78, 5) is 38.8. The number of benzene rings is 2. The van der Waals surface area contributed by atoms with Gasteiger partial charge in [-0.2, -0.15) is 0 Å². The molecule has 2 aliphatic carbocycles. The average Bonchev–Trinajstić information content (AvgIpc) is 2.97. The van der Waals surface area contributed by atoms with Crippen LogP contribution in [-0.4, -0.2) is 18.2 Å². The molecule has 0 amide bonds. The largest absolute Gasteiger partial charge is 0.489 e. The fourth-order valence-corrected chi connectivity index (χ4v) is 5.84. The zero-order chi connectivity index (χ0) is 22.1. The molecule has 0 fully saturated rings. The summed E-state index contributed by atoms with van der Waals surface area (Å²) in [5.74, 6) is 0.0506. The summed E-state index contributed by atoms with van der Waals surface area (Å²) in [6, 6.07) is 10.7. The van der Waals surface area contributed by atoms with E-state index in [0.29, 0.717) is 41.9 Å². The van der Waals surface area contributed by atoms with E-state index in [2.05, 4.69) is 6.08 Å². The quantitative estimate of drug-likeness (QED) is 0.388. The minimum Gasteiger partial charge on any atom is -0.489 e. The van der Waals surface area contributed by atoms with Crippen molar-refractivity contribution in [1.29, 1.82) is 0 Å². The van der Waals surface area contributed by atoms with Crippen molar-refractivity contribution in [3.63, 3.8) is 0 Å². The molecular formula is C27H22O5. The molecule has 1 aromatic heterocycles. The number of carbonyl (C=O) groups is 2. The molecule has 0 saturated carbocycles. The number of hydrogen-bond donors (Lipinski definition) is 0. The lowest BCUT2D eigenvalue weighted by molar-refractivity contribution is 0.0666. The lowest BCUT2D eigenvalue weighted by Crippen LogP contribution is -2.44. The minimum atomic E-state index is -0.379. The van der Waals surface area contributed by atoms with Gasteiger partial charge in [0.1, 0.15) is 17.9 Å². The van der Waals surface area contributed by atoms with Gasteiger partial charge in [0.25, 0.3) is 0 Å². The number of allylic oxidation sites excluding steroid dienone is 1. The van der Waals surface area contributed by atoms with Gasteiger partial charge in [-0.15, -0.1) is 0 Å². The van der Waals surface area contributed by atoms with Gasteiger partial charge in [0.2, 0.25) is 0 Å². The Morgan fingerprint density at radius 3 is 2.47 bits per heavy atom. The second-order valence-electron chi connectivity index (χ2n) is 9.14. The first kappa shape index (κ1) is 19.2. The third-order valence-corrected chi connectivity index (χ3v) is 7.40. The molecule has 2 aromatic carbocycles. The number of ketones is 2. The number of rotatable bonds is 0. The van der Waals surface area contributed by atoms with Gasteiger partial charge in [-0.25, -0.2) is 4.79 Å². The average molecular weight is 426 g/mol. The normalized spacial score (nSPS) is 23.9. The van der Waals surface area contributed by atoms with Crippen LogP contribution >= 0.6 is 0 Å². The topological polar surface area (TPSA) is 73.6 Å². The van der Waals surface area contributed by atoms with Crippen LogP contribution in [0, 0.1) is 31.6 Å². The van der Waals surface area contributed by atoms with Crippen LogP contribution in [-0.2, 0) is 6.42 Å². The maximum absolute atomic E-state index is 13.6. The molecule has 3 aliphatic rings. The molecule has 32 heavy (non-hydrogen) atoms. The predicted molar refractivity (Wildman–Crippen MR) is 119 cm³/mol. The Morgan fingerprint density at radius 2 is 1.69 bits per heavy atom. The second-order valence-corrected chi connectivity index (χ2v) is 9.14. The van der Waals surface area contributed by atoms with E-state index in [-0.39, 0.29) is 34.9 Å². The third kappa shape index (κ3) is 2.60. The lowest BCUT2D eigenvalue weighted by Gasteiger charge is -2.39. The number of hydrogen-bond acceptors (Lipinski definition) is 5. The van der Waals surface area contributed by atoms with Crippen LogP contribution < -0.4 is 10.4 Å². The molecule has 3 atom stereocenters. The molecule has 0 radical (unpaired) electrons. The van der Waals surface area contributed by atoms with E-state index in [1.165, 1.54) is 6.07 Å². The van der Waals surface area contributed by atoms with Crippen LogP contribution in [0.25, 0.3) is 11.0 Å². The first-order chi connectivity index (χ1) is 15.4. The van der Waals surface area contributed by atoms with Crippen LogP contribution in [0.1, 0.15) is 43.8 Å². The molecule has 0 bridgehead atoms. The van der Waals surface area contributed by atoms with E-state index in [0.717, 1.165) is 27.6 Å². The Morgan fingerprint density at radius 1 is 0.938 bits per heavy atom. The summed E-state index contributed by atoms with van der Waals surface area (Å²) in [6.45, 7) is 4.17. The van der Waals surface area contributed by atoms with Crippen LogP contribution in [0.15, 0.2) is 57.3 Å². The lowest BCUT2D eigenvalue weighted by atomic mass is 9.62. The highest BCUT2D eigenvalue weighted by molar-refractivity contribution is 6.16. The molecule has 5 heteroatoms. The first-order valence-corrected chi connectivity index (χ1v) is 11.0. The molecule has 1 aliphatic heterocycles. The molecular weight excluding hydrogens is 404 g/mol. The van der Waals surface area contributed by atoms with Gasteiger partial charge in [0.05, 0.1) is 0 Å². The van der Waals surface area contributed by atoms with Crippen LogP contribution in [0.3, 0.4) is 0 Å². The molecule has 3 aromatic rings. The van der Waals surface area contributed by atoms with E-state index in [4.69, 9.17) is 9.15 Å². The van der Waals surface area contributed by atoms with Crippen molar-refractivity contribution in [3.05, 3.63) is 86.3 Å². The van der Waals surface area contributed by atoms with Crippen molar-refractivity contribution >= 4 is 22.5 Å². The number of aryl methyl sites for hydroxylation is 2. The summed E-state index contributed by atoms with van der Waals surface area (Å²) in [6.07, 6.45) is 3.26. The summed E-state index contributed by atoms with van der Waals surface area (Å²) in [5.41, 5.74) is 4.96. The number of fused-ring (bicyclic) bond motifs is 6. The minimum absolute atomic E-state index is 0.0592. The van der Waals surface area contributed by atoms with Gasteiger partial charge >= 0.3 is 5.63 Å². The van der Waals surface area contributed by atoms with Crippen molar-refractivity contribution in [2.75, 3.05) is 6.61 Å². The highest BCUT2D eigenvalue weighted by atomic mass is 16.5. The Labute approximate surface area is 184 Å². The Bertz CT molecular complexity index is 1420. The molecule has 6 rings (SSSR count). The maximum Gasteiger partial charge on any atom is 0.336 e. The van der Waals surface area contributed by atoms with Crippen LogP contribution in [0.4, 0.5) is 0 Å². The number of Topliss-reactive ketones (excluding diaryl/α,β-unsaturated/α-hetero) is 2. The van der Waals surface area contributed by atoms with Gasteiger partial charge in [-0.05, 0) is 55.4 Å². The molecule has 0 N–H and O–H groups in total. The summed E-state index contributed by atoms with van der Waals surface area (Å²) < 4.78 is 11.7. The highest BCUT2D eigenvalue weighted by Gasteiger charge is 2.48. The van der Waals surface area contributed by atoms with Crippen LogP contribution in [0.2, 0.25) is 0 Å². The van der Waals surface area contributed by atoms with Gasteiger partial charge in [0, 0.05) is 40.0 Å². The standard InChI is InChI=1S/C27H22O5/c1-13-9-22(28)32-27-14(2)26-16(10-20(13)27)11-21-15(12-31-26)7-8-19-23(21)25(30)18-6-4-3-5-17(18)24(19)29/h3-7,9-10,19,21,23H,8,11-12H2,1-2H3/t19-,21+,23-/m0/s1. The predicted octanol–water partition coefficient (Wildman–Crippen LogP) is 4.60. The van der Waals surface area contributed by atoms with Gasteiger partial charge in [-0.1, -0.05) is 30.3 Å². The van der Waals surface area contributed by atoms with E-state index in [1.54, 1.807) is 12.1 Å². The molecule has 5 nitrogen and oxygen atoms in total. The Balaban J connectivity index is 1.50. The van der Waals surface area contributed by atoms with E-state index in [9.17, 15) is 14.4 Å². The SMILES string of the molecule is Cc1cc(=O)oc2c(C)c3c(cc12)C[C@@H]1C(=CC[C@@H]2C(=O)c4ccccc4C(=O)[C@@H]21)CO3. The van der Waals surface area contributed by atoms with E-state index >= 15 is 0 Å². The highest BCUT2D eigenvalue weighted by Crippen LogP contribution is 2.47. The van der Waals surface area contributed by atoms with Crippen LogP contribution in [0.5, 0.6) is 5.75 Å². The van der Waals surface area contributed by atoms with E-state index < -0.39 is 0 Å². The number of ether oxygens (including phenoxy) is 1. The molecule has 0 unspecified atom stereocenters. The third-order valence-electron chi connectivity index (χ3n) is 7.40. The Hall–Kier alpha value is -3.47. The molecule has 0 saturated heterocycles.